The van der Waals surface area contributed by atoms with E-state index in [-0.39, 0.29) is 0 Å². The molecule has 0 aliphatic heterocycles. The highest BCUT2D eigenvalue weighted by Crippen LogP contribution is 2.28. The second-order valence-electron chi connectivity index (χ2n) is 5.61. The van der Waals surface area contributed by atoms with Gasteiger partial charge in [0.15, 0.2) is 5.78 Å². The molecule has 0 spiro atoms. The van der Waals surface area contributed by atoms with Crippen molar-refractivity contribution in [3.8, 4) is 11.5 Å². The zero-order valence-corrected chi connectivity index (χ0v) is 15.6. The molecular weight excluding hydrogens is 346 g/mol. The summed E-state index contributed by atoms with van der Waals surface area (Å²) in [5.74, 6) is 0.206. The van der Waals surface area contributed by atoms with E-state index >= 15 is 0 Å². The predicted molar refractivity (Wildman–Crippen MR) is 103 cm³/mol. The Labute approximate surface area is 158 Å². The Morgan fingerprint density at radius 2 is 1.59 bits per heavy atom. The average molecular weight is 369 g/mol. The molecule has 1 N–H and O–H groups in total. The molecule has 2 aromatic carbocycles. The van der Waals surface area contributed by atoms with Gasteiger partial charge in [-0.1, -0.05) is 18.2 Å². The quantitative estimate of drug-likeness (QED) is 0.531. The summed E-state index contributed by atoms with van der Waals surface area (Å²) in [6, 6.07) is 12.7. The Morgan fingerprint density at radius 3 is 2.11 bits per heavy atom. The number of carbonyl (C=O) groups is 2. The van der Waals surface area contributed by atoms with E-state index in [1.807, 2.05) is 19.9 Å². The Hall–Kier alpha value is -3.22. The predicted octanol–water partition coefficient (Wildman–Crippen LogP) is 4.16. The zero-order chi connectivity index (χ0) is 19.6. The first-order chi connectivity index (χ1) is 13.0. The lowest BCUT2D eigenvalue weighted by Gasteiger charge is -2.10. The van der Waals surface area contributed by atoms with E-state index < -0.39 is 17.7 Å². The van der Waals surface area contributed by atoms with Crippen LogP contribution in [0.4, 0.5) is 11.4 Å². The van der Waals surface area contributed by atoms with E-state index in [9.17, 15) is 9.59 Å². The molecule has 0 fully saturated rings. The maximum atomic E-state index is 12.4. The molecule has 0 radical (unpaired) electrons. The number of ether oxygens (including phenoxy) is 2. The van der Waals surface area contributed by atoms with E-state index in [0.717, 1.165) is 0 Å². The molecule has 0 saturated carbocycles. The smallest absolute Gasteiger partial charge is 0.258 e. The Bertz CT molecular complexity index is 782. The second-order valence-corrected chi connectivity index (χ2v) is 5.61. The fourth-order valence-electron chi connectivity index (χ4n) is 2.29. The molecule has 1 unspecified atom stereocenters. The largest absolute Gasteiger partial charge is 0.494 e. The fraction of sp³-hybridized carbons (Fsp3) is 0.300. The number of amides is 1. The van der Waals surface area contributed by atoms with Crippen LogP contribution < -0.4 is 14.8 Å². The summed E-state index contributed by atoms with van der Waals surface area (Å²) in [4.78, 5) is 24.3. The number of azo groups is 1. The van der Waals surface area contributed by atoms with Gasteiger partial charge in [-0.2, -0.15) is 10.2 Å². The number of nitrogens with one attached hydrogen (secondary N) is 1. The minimum Gasteiger partial charge on any atom is -0.494 e. The summed E-state index contributed by atoms with van der Waals surface area (Å²) in [7, 11) is 0. The van der Waals surface area contributed by atoms with Crippen molar-refractivity contribution in [3.05, 3.63) is 48.5 Å². The number of hydrogen-bond acceptors (Lipinski definition) is 6. The molecule has 0 heterocycles. The normalized spacial score (nSPS) is 11.8. The Morgan fingerprint density at radius 1 is 1.00 bits per heavy atom. The van der Waals surface area contributed by atoms with Crippen LogP contribution in [0, 0.1) is 0 Å². The number of hydrogen-bond donors (Lipinski definition) is 1. The standard InChI is InChI=1S/C20H23N3O4/c1-4-26-17-11-16(12-18(13-17)27-5-2)22-23-19(14(3)24)20(25)21-15-9-7-6-8-10-15/h6-13,19H,4-5H2,1-3H3,(H,21,25). The monoisotopic (exact) mass is 369 g/mol. The SMILES string of the molecule is CCOc1cc(N=NC(C(C)=O)C(=O)Nc2ccccc2)cc(OCC)c1. The van der Waals surface area contributed by atoms with Gasteiger partial charge in [-0.25, -0.2) is 0 Å². The van der Waals surface area contributed by atoms with Crippen LogP contribution in [0.25, 0.3) is 0 Å². The molecule has 7 heteroatoms. The molecule has 27 heavy (non-hydrogen) atoms. The molecule has 0 saturated heterocycles. The first-order valence-electron chi connectivity index (χ1n) is 8.71. The van der Waals surface area contributed by atoms with Crippen molar-refractivity contribution in [2.45, 2.75) is 26.8 Å². The van der Waals surface area contributed by atoms with Gasteiger partial charge < -0.3 is 14.8 Å². The molecule has 0 aliphatic carbocycles. The Balaban J connectivity index is 2.20. The first kappa shape index (κ1) is 20.1. The molecule has 1 atom stereocenters. The first-order valence-corrected chi connectivity index (χ1v) is 8.71. The highest BCUT2D eigenvalue weighted by atomic mass is 16.5. The van der Waals surface area contributed by atoms with Crippen molar-refractivity contribution in [2.24, 2.45) is 10.2 Å². The molecule has 142 valence electrons. The summed E-state index contributed by atoms with van der Waals surface area (Å²) in [6.45, 7) is 6.02. The molecule has 1 amide bonds. The summed E-state index contributed by atoms with van der Waals surface area (Å²) < 4.78 is 11.0. The van der Waals surface area contributed by atoms with Crippen molar-refractivity contribution in [1.29, 1.82) is 0 Å². The van der Waals surface area contributed by atoms with Crippen LogP contribution in [-0.2, 0) is 9.59 Å². The number of anilines is 1. The van der Waals surface area contributed by atoms with Gasteiger partial charge in [-0.3, -0.25) is 9.59 Å². The highest BCUT2D eigenvalue weighted by Gasteiger charge is 2.23. The maximum Gasteiger partial charge on any atom is 0.258 e. The minimum absolute atomic E-state index is 0.404. The van der Waals surface area contributed by atoms with Crippen LogP contribution in [-0.4, -0.2) is 30.9 Å². The summed E-state index contributed by atoms with van der Waals surface area (Å²) in [6.07, 6.45) is 0. The molecule has 0 bridgehead atoms. The van der Waals surface area contributed by atoms with Gasteiger partial charge in [0.25, 0.3) is 5.91 Å². The van der Waals surface area contributed by atoms with Crippen LogP contribution in [0.1, 0.15) is 20.8 Å². The number of Topliss-reactive ketones (excluding diaryl/α,β-unsaturated/α-hetero) is 1. The van der Waals surface area contributed by atoms with Gasteiger partial charge in [0.05, 0.1) is 18.9 Å². The van der Waals surface area contributed by atoms with Crippen molar-refractivity contribution in [1.82, 2.24) is 0 Å². The van der Waals surface area contributed by atoms with Gasteiger partial charge >= 0.3 is 0 Å². The number of para-hydroxylation sites is 1. The van der Waals surface area contributed by atoms with Crippen LogP contribution in [0.15, 0.2) is 58.8 Å². The van der Waals surface area contributed by atoms with Crippen molar-refractivity contribution in [3.63, 3.8) is 0 Å². The number of benzene rings is 2. The van der Waals surface area contributed by atoms with Gasteiger partial charge in [0.2, 0.25) is 6.04 Å². The van der Waals surface area contributed by atoms with E-state index in [0.29, 0.717) is 36.1 Å². The van der Waals surface area contributed by atoms with Gasteiger partial charge in [-0.05, 0) is 32.9 Å². The molecular formula is C20H23N3O4. The molecule has 0 aliphatic rings. The van der Waals surface area contributed by atoms with Crippen LogP contribution >= 0.6 is 0 Å². The zero-order valence-electron chi connectivity index (χ0n) is 15.6. The topological polar surface area (TPSA) is 89.4 Å². The van der Waals surface area contributed by atoms with E-state index in [2.05, 4.69) is 15.5 Å². The van der Waals surface area contributed by atoms with Crippen LogP contribution in [0.2, 0.25) is 0 Å². The molecule has 0 aromatic heterocycles. The Kier molecular flexibility index (Phi) is 7.49. The lowest BCUT2D eigenvalue weighted by molar-refractivity contribution is -0.126. The fourth-order valence-corrected chi connectivity index (χ4v) is 2.29. The van der Waals surface area contributed by atoms with Gasteiger partial charge in [0, 0.05) is 23.9 Å². The third-order valence-corrected chi connectivity index (χ3v) is 3.45. The van der Waals surface area contributed by atoms with Crippen LogP contribution in [0.5, 0.6) is 11.5 Å². The average Bonchev–Trinajstić information content (AvgIpc) is 2.63. The summed E-state index contributed by atoms with van der Waals surface area (Å²) >= 11 is 0. The lowest BCUT2D eigenvalue weighted by Crippen LogP contribution is -2.31. The molecule has 2 aromatic rings. The number of ketones is 1. The van der Waals surface area contributed by atoms with Crippen molar-refractivity contribution in [2.75, 3.05) is 18.5 Å². The highest BCUT2D eigenvalue weighted by molar-refractivity contribution is 6.10. The van der Waals surface area contributed by atoms with Crippen LogP contribution in [0.3, 0.4) is 0 Å². The van der Waals surface area contributed by atoms with E-state index in [1.54, 1.807) is 42.5 Å². The van der Waals surface area contributed by atoms with E-state index in [1.165, 1.54) is 6.92 Å². The lowest BCUT2D eigenvalue weighted by atomic mass is 10.2. The maximum absolute atomic E-state index is 12.4. The second kappa shape index (κ2) is 10.1. The number of nitrogens with zero attached hydrogens (tertiary/aromatic N) is 2. The summed E-state index contributed by atoms with van der Waals surface area (Å²) in [5.41, 5.74) is 1.02. The third-order valence-electron chi connectivity index (χ3n) is 3.45. The number of rotatable bonds is 9. The third kappa shape index (κ3) is 6.22. The molecule has 7 nitrogen and oxygen atoms in total. The van der Waals surface area contributed by atoms with Crippen molar-refractivity contribution < 1.29 is 19.1 Å². The minimum atomic E-state index is -1.24. The molecule has 2 rings (SSSR count). The van der Waals surface area contributed by atoms with Gasteiger partial charge in [-0.15, -0.1) is 0 Å². The summed E-state index contributed by atoms with van der Waals surface area (Å²) in [5, 5.41) is 10.7. The van der Waals surface area contributed by atoms with E-state index in [4.69, 9.17) is 9.47 Å². The van der Waals surface area contributed by atoms with Gasteiger partial charge in [0.1, 0.15) is 11.5 Å². The number of carbonyl (C=O) groups excluding carboxylic acids is 2. The van der Waals surface area contributed by atoms with Crippen molar-refractivity contribution >= 4 is 23.1 Å².